The number of aryl methyl sites for hydroxylation is 1. The SMILES string of the molecule is Cc1ncc(CNC(C)C)n1Cc1ccc(Cl)cc1F. The Bertz CT molecular complexity index is 593. The highest BCUT2D eigenvalue weighted by Gasteiger charge is 2.10. The largest absolute Gasteiger partial charge is 0.326 e. The van der Waals surface area contributed by atoms with Crippen LogP contribution in [0.5, 0.6) is 0 Å². The molecule has 0 amide bonds. The van der Waals surface area contributed by atoms with Gasteiger partial charge in [0.05, 0.1) is 12.2 Å². The van der Waals surface area contributed by atoms with Gasteiger partial charge < -0.3 is 9.88 Å². The molecule has 0 saturated heterocycles. The number of nitrogens with one attached hydrogen (secondary N) is 1. The third kappa shape index (κ3) is 3.58. The standard InChI is InChI=1S/C15H19ClFN3/c1-10(2)18-7-14-8-19-11(3)20(14)9-12-4-5-13(16)6-15(12)17/h4-6,8,10,18H,7,9H2,1-3H3. The van der Waals surface area contributed by atoms with Crippen LogP contribution in [0.25, 0.3) is 0 Å². The molecule has 108 valence electrons. The monoisotopic (exact) mass is 295 g/mol. The van der Waals surface area contributed by atoms with Crippen LogP contribution in [-0.2, 0) is 13.1 Å². The zero-order chi connectivity index (χ0) is 14.7. The van der Waals surface area contributed by atoms with E-state index >= 15 is 0 Å². The molecule has 2 aromatic rings. The summed E-state index contributed by atoms with van der Waals surface area (Å²) in [6.07, 6.45) is 1.83. The zero-order valence-corrected chi connectivity index (χ0v) is 12.7. The summed E-state index contributed by atoms with van der Waals surface area (Å²) < 4.78 is 15.9. The highest BCUT2D eigenvalue weighted by Crippen LogP contribution is 2.17. The maximum atomic E-state index is 13.9. The first-order valence-electron chi connectivity index (χ1n) is 6.65. The number of hydrogen-bond acceptors (Lipinski definition) is 2. The van der Waals surface area contributed by atoms with Gasteiger partial charge in [0.1, 0.15) is 11.6 Å². The normalized spacial score (nSPS) is 11.3. The molecule has 0 spiro atoms. The Morgan fingerprint density at radius 2 is 2.15 bits per heavy atom. The Morgan fingerprint density at radius 1 is 1.40 bits per heavy atom. The quantitative estimate of drug-likeness (QED) is 0.914. The van der Waals surface area contributed by atoms with Crippen LogP contribution in [0.1, 0.15) is 30.9 Å². The third-order valence-corrected chi connectivity index (χ3v) is 3.41. The summed E-state index contributed by atoms with van der Waals surface area (Å²) in [5.74, 6) is 0.591. The van der Waals surface area contributed by atoms with Gasteiger partial charge >= 0.3 is 0 Å². The fourth-order valence-electron chi connectivity index (χ4n) is 2.00. The van der Waals surface area contributed by atoms with E-state index in [0.717, 1.165) is 11.5 Å². The molecule has 5 heteroatoms. The van der Waals surface area contributed by atoms with Crippen molar-refractivity contribution in [1.29, 1.82) is 0 Å². The molecule has 2 rings (SSSR count). The third-order valence-electron chi connectivity index (χ3n) is 3.17. The Hall–Kier alpha value is -1.39. The van der Waals surface area contributed by atoms with E-state index in [1.54, 1.807) is 12.1 Å². The Labute approximate surface area is 123 Å². The number of halogens is 2. The molecule has 0 unspecified atom stereocenters. The maximum absolute atomic E-state index is 13.9. The van der Waals surface area contributed by atoms with Crippen molar-refractivity contribution >= 4 is 11.6 Å². The second-order valence-electron chi connectivity index (χ2n) is 5.15. The van der Waals surface area contributed by atoms with Gasteiger partial charge in [-0.15, -0.1) is 0 Å². The molecule has 0 radical (unpaired) electrons. The fraction of sp³-hybridized carbons (Fsp3) is 0.400. The summed E-state index contributed by atoms with van der Waals surface area (Å²) in [7, 11) is 0. The molecule has 1 aromatic carbocycles. The van der Waals surface area contributed by atoms with Crippen LogP contribution in [0.15, 0.2) is 24.4 Å². The second-order valence-corrected chi connectivity index (χ2v) is 5.59. The minimum absolute atomic E-state index is 0.284. The van der Waals surface area contributed by atoms with Gasteiger partial charge in [-0.3, -0.25) is 0 Å². The average Bonchev–Trinajstić information content (AvgIpc) is 2.71. The molecule has 1 heterocycles. The average molecular weight is 296 g/mol. The summed E-state index contributed by atoms with van der Waals surface area (Å²) in [6, 6.07) is 5.16. The molecule has 3 nitrogen and oxygen atoms in total. The van der Waals surface area contributed by atoms with Crippen LogP contribution < -0.4 is 5.32 Å². The van der Waals surface area contributed by atoms with Crippen molar-refractivity contribution in [2.24, 2.45) is 0 Å². The van der Waals surface area contributed by atoms with Crippen molar-refractivity contribution in [1.82, 2.24) is 14.9 Å². The number of aromatic nitrogens is 2. The highest BCUT2D eigenvalue weighted by molar-refractivity contribution is 6.30. The lowest BCUT2D eigenvalue weighted by Gasteiger charge is -2.13. The first-order chi connectivity index (χ1) is 9.47. The molecular weight excluding hydrogens is 277 g/mol. The van der Waals surface area contributed by atoms with Crippen molar-refractivity contribution < 1.29 is 4.39 Å². The van der Waals surface area contributed by atoms with Crippen LogP contribution in [-0.4, -0.2) is 15.6 Å². The van der Waals surface area contributed by atoms with E-state index in [1.807, 2.05) is 17.7 Å². The van der Waals surface area contributed by atoms with Gasteiger partial charge in [-0.05, 0) is 19.1 Å². The predicted molar refractivity (Wildman–Crippen MR) is 79.5 cm³/mol. The van der Waals surface area contributed by atoms with Gasteiger partial charge in [-0.2, -0.15) is 0 Å². The summed E-state index contributed by atoms with van der Waals surface area (Å²) in [5.41, 5.74) is 1.66. The fourth-order valence-corrected chi connectivity index (χ4v) is 2.16. The number of imidazole rings is 1. The Balaban J connectivity index is 2.22. The van der Waals surface area contributed by atoms with E-state index in [2.05, 4.69) is 24.1 Å². The number of benzene rings is 1. The van der Waals surface area contributed by atoms with Gasteiger partial charge in [-0.25, -0.2) is 9.37 Å². The van der Waals surface area contributed by atoms with Crippen molar-refractivity contribution in [3.05, 3.63) is 52.3 Å². The van der Waals surface area contributed by atoms with Crippen molar-refractivity contribution in [2.75, 3.05) is 0 Å². The summed E-state index contributed by atoms with van der Waals surface area (Å²) in [5, 5.41) is 3.76. The van der Waals surface area contributed by atoms with E-state index in [0.29, 0.717) is 29.7 Å². The molecule has 0 aliphatic rings. The summed E-state index contributed by atoms with van der Waals surface area (Å²) in [6.45, 7) is 7.28. The lowest BCUT2D eigenvalue weighted by molar-refractivity contribution is 0.553. The minimum atomic E-state index is -0.284. The Kier molecular flexibility index (Phi) is 4.78. The van der Waals surface area contributed by atoms with Gasteiger partial charge in [0.15, 0.2) is 0 Å². The van der Waals surface area contributed by atoms with Crippen LogP contribution in [0.3, 0.4) is 0 Å². The lowest BCUT2D eigenvalue weighted by atomic mass is 10.2. The first-order valence-corrected chi connectivity index (χ1v) is 7.03. The maximum Gasteiger partial charge on any atom is 0.129 e. The summed E-state index contributed by atoms with van der Waals surface area (Å²) >= 11 is 5.78. The molecule has 1 N–H and O–H groups in total. The van der Waals surface area contributed by atoms with Crippen molar-refractivity contribution in [3.63, 3.8) is 0 Å². The minimum Gasteiger partial charge on any atom is -0.326 e. The van der Waals surface area contributed by atoms with Crippen LogP contribution >= 0.6 is 11.6 Å². The zero-order valence-electron chi connectivity index (χ0n) is 12.0. The molecule has 0 aliphatic carbocycles. The first kappa shape index (κ1) is 15.0. The van der Waals surface area contributed by atoms with E-state index in [9.17, 15) is 4.39 Å². The van der Waals surface area contributed by atoms with Gasteiger partial charge in [0.2, 0.25) is 0 Å². The number of rotatable bonds is 5. The smallest absolute Gasteiger partial charge is 0.129 e. The van der Waals surface area contributed by atoms with Gasteiger partial charge in [0, 0.05) is 29.4 Å². The second kappa shape index (κ2) is 6.37. The number of nitrogens with zero attached hydrogens (tertiary/aromatic N) is 2. The van der Waals surface area contributed by atoms with E-state index in [-0.39, 0.29) is 5.82 Å². The van der Waals surface area contributed by atoms with Crippen LogP contribution in [0, 0.1) is 12.7 Å². The summed E-state index contributed by atoms with van der Waals surface area (Å²) in [4.78, 5) is 4.31. The molecule has 0 atom stereocenters. The molecule has 20 heavy (non-hydrogen) atoms. The van der Waals surface area contributed by atoms with E-state index in [4.69, 9.17) is 11.6 Å². The van der Waals surface area contributed by atoms with Gasteiger partial charge in [-0.1, -0.05) is 31.5 Å². The molecule has 0 saturated carbocycles. The topological polar surface area (TPSA) is 29.9 Å². The van der Waals surface area contributed by atoms with Gasteiger partial charge in [0.25, 0.3) is 0 Å². The van der Waals surface area contributed by atoms with Crippen molar-refractivity contribution in [3.8, 4) is 0 Å². The van der Waals surface area contributed by atoms with Crippen LogP contribution in [0.2, 0.25) is 5.02 Å². The van der Waals surface area contributed by atoms with E-state index in [1.165, 1.54) is 6.07 Å². The van der Waals surface area contributed by atoms with E-state index < -0.39 is 0 Å². The number of hydrogen-bond donors (Lipinski definition) is 1. The molecular formula is C15H19ClFN3. The molecule has 0 aliphatic heterocycles. The van der Waals surface area contributed by atoms with Crippen LogP contribution in [0.4, 0.5) is 4.39 Å². The Morgan fingerprint density at radius 3 is 2.80 bits per heavy atom. The molecule has 1 aromatic heterocycles. The lowest BCUT2D eigenvalue weighted by Crippen LogP contribution is -2.24. The molecule has 0 bridgehead atoms. The predicted octanol–water partition coefficient (Wildman–Crippen LogP) is 3.53. The molecule has 0 fully saturated rings. The van der Waals surface area contributed by atoms with Crippen molar-refractivity contribution in [2.45, 2.75) is 39.9 Å². The highest BCUT2D eigenvalue weighted by atomic mass is 35.5.